The van der Waals surface area contributed by atoms with Crippen LogP contribution in [0.5, 0.6) is 0 Å². The predicted octanol–water partition coefficient (Wildman–Crippen LogP) is 5.07. The second-order valence-corrected chi connectivity index (χ2v) is 8.53. The van der Waals surface area contributed by atoms with Gasteiger partial charge in [0, 0.05) is 19.4 Å². The Kier molecular flexibility index (Phi) is 5.13. The Hall–Kier alpha value is -2.05. The third-order valence-electron chi connectivity index (χ3n) is 4.78. The lowest BCUT2D eigenvalue weighted by molar-refractivity contribution is -0.135. The zero-order valence-corrected chi connectivity index (χ0v) is 16.0. The van der Waals surface area contributed by atoms with Crippen LogP contribution in [-0.2, 0) is 4.79 Å². The van der Waals surface area contributed by atoms with E-state index in [0.717, 1.165) is 45.9 Å². The number of Topliss-reactive ketones (excluding diaryl/α,β-unsaturated/α-hetero) is 1. The Morgan fingerprint density at radius 1 is 1.12 bits per heavy atom. The van der Waals surface area contributed by atoms with Gasteiger partial charge in [-0.1, -0.05) is 18.2 Å². The van der Waals surface area contributed by atoms with Crippen molar-refractivity contribution in [3.05, 3.63) is 51.7 Å². The van der Waals surface area contributed by atoms with Gasteiger partial charge < -0.3 is 4.90 Å². The van der Waals surface area contributed by atoms with E-state index in [1.54, 1.807) is 11.3 Å². The molecule has 4 nitrogen and oxygen atoms in total. The van der Waals surface area contributed by atoms with E-state index in [9.17, 15) is 9.59 Å². The van der Waals surface area contributed by atoms with Crippen LogP contribution < -0.4 is 0 Å². The molecule has 1 aromatic carbocycles. The normalized spacial score (nSPS) is 17.5. The van der Waals surface area contributed by atoms with Gasteiger partial charge in [-0.2, -0.15) is 0 Å². The monoisotopic (exact) mass is 384 g/mol. The first kappa shape index (κ1) is 17.4. The molecule has 1 aliphatic rings. The Labute approximate surface area is 160 Å². The highest BCUT2D eigenvalue weighted by atomic mass is 32.1. The number of piperidine rings is 1. The Morgan fingerprint density at radius 3 is 2.81 bits per heavy atom. The van der Waals surface area contributed by atoms with Crippen molar-refractivity contribution >= 4 is 44.6 Å². The van der Waals surface area contributed by atoms with E-state index >= 15 is 0 Å². The van der Waals surface area contributed by atoms with Crippen LogP contribution in [0.25, 0.3) is 10.2 Å². The van der Waals surface area contributed by atoms with E-state index in [1.165, 1.54) is 11.3 Å². The molecule has 1 atom stereocenters. The van der Waals surface area contributed by atoms with E-state index in [-0.39, 0.29) is 30.6 Å². The molecule has 0 N–H and O–H groups in total. The van der Waals surface area contributed by atoms with Crippen molar-refractivity contribution < 1.29 is 9.59 Å². The van der Waals surface area contributed by atoms with Gasteiger partial charge in [-0.25, -0.2) is 4.98 Å². The molecule has 3 aromatic rings. The highest BCUT2D eigenvalue weighted by molar-refractivity contribution is 7.18. The van der Waals surface area contributed by atoms with E-state index < -0.39 is 0 Å². The van der Waals surface area contributed by atoms with Gasteiger partial charge in [0.2, 0.25) is 5.91 Å². The molecule has 1 fully saturated rings. The number of thiophene rings is 1. The van der Waals surface area contributed by atoms with Crippen LogP contribution in [0.1, 0.15) is 52.8 Å². The topological polar surface area (TPSA) is 50.3 Å². The lowest BCUT2D eigenvalue weighted by Crippen LogP contribution is -2.38. The van der Waals surface area contributed by atoms with Crippen molar-refractivity contribution in [3.8, 4) is 0 Å². The molecule has 2 aromatic heterocycles. The molecule has 3 heterocycles. The number of benzene rings is 1. The second kappa shape index (κ2) is 7.68. The van der Waals surface area contributed by atoms with E-state index in [2.05, 4.69) is 6.07 Å². The summed E-state index contributed by atoms with van der Waals surface area (Å²) in [5.41, 5.74) is 0.998. The number of rotatable bonds is 5. The molecule has 1 saturated heterocycles. The van der Waals surface area contributed by atoms with Crippen LogP contribution >= 0.6 is 22.7 Å². The number of para-hydroxylation sites is 1. The van der Waals surface area contributed by atoms with E-state index in [0.29, 0.717) is 0 Å². The summed E-state index contributed by atoms with van der Waals surface area (Å²) in [4.78, 5) is 32.5. The van der Waals surface area contributed by atoms with Crippen LogP contribution in [0.15, 0.2) is 41.8 Å². The largest absolute Gasteiger partial charge is 0.333 e. The molecular formula is C20H20N2O2S2. The molecule has 1 amide bonds. The van der Waals surface area contributed by atoms with Crippen LogP contribution in [0.3, 0.4) is 0 Å². The van der Waals surface area contributed by atoms with Gasteiger partial charge in [-0.3, -0.25) is 9.59 Å². The van der Waals surface area contributed by atoms with E-state index in [4.69, 9.17) is 4.98 Å². The summed E-state index contributed by atoms with van der Waals surface area (Å²) in [5, 5.41) is 2.91. The van der Waals surface area contributed by atoms with Crippen LogP contribution in [0.2, 0.25) is 0 Å². The Morgan fingerprint density at radius 2 is 2.00 bits per heavy atom. The first-order valence-electron chi connectivity index (χ1n) is 8.94. The molecule has 0 saturated carbocycles. The minimum Gasteiger partial charge on any atom is -0.333 e. The SMILES string of the molecule is O=C(CCC(=O)N1CCCC[C@H]1c1nc2ccccc2s1)c1cccs1. The maximum Gasteiger partial charge on any atom is 0.223 e. The van der Waals surface area contributed by atoms with Crippen LogP contribution in [0.4, 0.5) is 0 Å². The summed E-state index contributed by atoms with van der Waals surface area (Å²) in [6.45, 7) is 0.757. The number of amides is 1. The number of fused-ring (bicyclic) bond motifs is 1. The molecule has 134 valence electrons. The minimum absolute atomic E-state index is 0.0467. The van der Waals surface area contributed by atoms with Gasteiger partial charge in [0.15, 0.2) is 5.78 Å². The number of aromatic nitrogens is 1. The van der Waals surface area contributed by atoms with Gasteiger partial charge >= 0.3 is 0 Å². The standard InChI is InChI=1S/C20H20N2O2S2/c23-16(18-9-5-13-25-18)10-11-19(24)22-12-4-3-7-15(22)20-21-14-6-1-2-8-17(14)26-20/h1-2,5-6,8-9,13,15H,3-4,7,10-12H2/t15-/m0/s1. The molecule has 0 unspecified atom stereocenters. The Balaban J connectivity index is 1.48. The highest BCUT2D eigenvalue weighted by Gasteiger charge is 2.30. The number of carbonyl (C=O) groups is 2. The van der Waals surface area contributed by atoms with E-state index in [1.807, 2.05) is 40.6 Å². The average Bonchev–Trinajstić information content (AvgIpc) is 3.35. The predicted molar refractivity (Wildman–Crippen MR) is 106 cm³/mol. The van der Waals surface area contributed by atoms with Crippen molar-refractivity contribution in [1.29, 1.82) is 0 Å². The number of nitrogens with zero attached hydrogens (tertiary/aromatic N) is 2. The van der Waals surface area contributed by atoms with Crippen molar-refractivity contribution in [1.82, 2.24) is 9.88 Å². The summed E-state index contributed by atoms with van der Waals surface area (Å²) in [6, 6.07) is 11.8. The summed E-state index contributed by atoms with van der Waals surface area (Å²) in [5.74, 6) is 0.126. The highest BCUT2D eigenvalue weighted by Crippen LogP contribution is 2.36. The molecule has 0 bridgehead atoms. The van der Waals surface area contributed by atoms with Gasteiger partial charge in [0.05, 0.1) is 21.1 Å². The molecule has 0 aliphatic carbocycles. The second-order valence-electron chi connectivity index (χ2n) is 6.52. The minimum atomic E-state index is 0.0467. The lowest BCUT2D eigenvalue weighted by atomic mass is 10.0. The maximum atomic E-state index is 12.8. The smallest absolute Gasteiger partial charge is 0.223 e. The van der Waals surface area contributed by atoms with Crippen molar-refractivity contribution in [2.75, 3.05) is 6.54 Å². The molecule has 1 aliphatic heterocycles. The van der Waals surface area contributed by atoms with Crippen LogP contribution in [0, 0.1) is 0 Å². The van der Waals surface area contributed by atoms with Gasteiger partial charge in [0.25, 0.3) is 0 Å². The first-order chi connectivity index (χ1) is 12.7. The zero-order chi connectivity index (χ0) is 17.9. The number of ketones is 1. The summed E-state index contributed by atoms with van der Waals surface area (Å²) in [7, 11) is 0. The average molecular weight is 385 g/mol. The molecule has 4 rings (SSSR count). The Bertz CT molecular complexity index is 884. The molecular weight excluding hydrogens is 364 g/mol. The van der Waals surface area contributed by atoms with Crippen LogP contribution in [-0.4, -0.2) is 28.1 Å². The first-order valence-corrected chi connectivity index (χ1v) is 10.6. The number of carbonyl (C=O) groups excluding carboxylic acids is 2. The zero-order valence-electron chi connectivity index (χ0n) is 14.4. The third kappa shape index (κ3) is 3.57. The van der Waals surface area contributed by atoms with Gasteiger partial charge in [0.1, 0.15) is 5.01 Å². The molecule has 6 heteroatoms. The number of hydrogen-bond acceptors (Lipinski definition) is 5. The third-order valence-corrected chi connectivity index (χ3v) is 6.83. The number of thiazole rings is 1. The quantitative estimate of drug-likeness (QED) is 0.577. The fraction of sp³-hybridized carbons (Fsp3) is 0.350. The number of likely N-dealkylation sites (tertiary alicyclic amines) is 1. The summed E-state index contributed by atoms with van der Waals surface area (Å²) >= 11 is 3.11. The fourth-order valence-electron chi connectivity index (χ4n) is 3.44. The summed E-state index contributed by atoms with van der Waals surface area (Å²) in [6.07, 6.45) is 3.63. The maximum absolute atomic E-state index is 12.8. The summed E-state index contributed by atoms with van der Waals surface area (Å²) < 4.78 is 1.16. The molecule has 0 radical (unpaired) electrons. The lowest BCUT2D eigenvalue weighted by Gasteiger charge is -2.34. The fourth-order valence-corrected chi connectivity index (χ4v) is 5.25. The number of hydrogen-bond donors (Lipinski definition) is 0. The van der Waals surface area contributed by atoms with Crippen molar-refractivity contribution in [2.45, 2.75) is 38.1 Å². The molecule has 26 heavy (non-hydrogen) atoms. The van der Waals surface area contributed by atoms with Crippen molar-refractivity contribution in [2.24, 2.45) is 0 Å². The van der Waals surface area contributed by atoms with Gasteiger partial charge in [-0.15, -0.1) is 22.7 Å². The van der Waals surface area contributed by atoms with Crippen molar-refractivity contribution in [3.63, 3.8) is 0 Å². The molecule has 0 spiro atoms. The van der Waals surface area contributed by atoms with Gasteiger partial charge in [-0.05, 0) is 42.8 Å².